The van der Waals surface area contributed by atoms with Gasteiger partial charge < -0.3 is 15.6 Å². The molecule has 7 nitrogen and oxygen atoms in total. The van der Waals surface area contributed by atoms with Gasteiger partial charge in [0.15, 0.2) is 17.2 Å². The Morgan fingerprint density at radius 2 is 2.22 bits per heavy atom. The van der Waals surface area contributed by atoms with Crippen molar-refractivity contribution >= 4 is 16.9 Å². The van der Waals surface area contributed by atoms with Gasteiger partial charge in [-0.15, -0.1) is 0 Å². The van der Waals surface area contributed by atoms with Gasteiger partial charge in [-0.1, -0.05) is 0 Å². The van der Waals surface area contributed by atoms with Crippen LogP contribution in [0, 0.1) is 5.82 Å². The summed E-state index contributed by atoms with van der Waals surface area (Å²) < 4.78 is 20.5. The van der Waals surface area contributed by atoms with Gasteiger partial charge in [0, 0.05) is 12.2 Å². The fourth-order valence-corrected chi connectivity index (χ4v) is 2.83. The maximum absolute atomic E-state index is 13.3. The molecule has 0 amide bonds. The highest BCUT2D eigenvalue weighted by Crippen LogP contribution is 2.34. The van der Waals surface area contributed by atoms with E-state index in [-0.39, 0.29) is 6.04 Å². The molecule has 3 heterocycles. The van der Waals surface area contributed by atoms with Gasteiger partial charge in [0.05, 0.1) is 18.0 Å². The van der Waals surface area contributed by atoms with Crippen LogP contribution in [0.5, 0.6) is 5.75 Å². The molecule has 0 saturated carbocycles. The Kier molecular flexibility index (Phi) is 3.12. The summed E-state index contributed by atoms with van der Waals surface area (Å²) in [6, 6.07) is 4.11. The van der Waals surface area contributed by atoms with Crippen LogP contribution in [-0.4, -0.2) is 38.1 Å². The third-order valence-electron chi connectivity index (χ3n) is 3.99. The number of anilines is 1. The van der Waals surface area contributed by atoms with Crippen LogP contribution in [0.4, 0.5) is 10.2 Å². The van der Waals surface area contributed by atoms with Gasteiger partial charge in [-0.05, 0) is 24.6 Å². The predicted octanol–water partition coefficient (Wildman–Crippen LogP) is 1.88. The van der Waals surface area contributed by atoms with E-state index in [4.69, 9.17) is 10.5 Å². The molecule has 1 aliphatic rings. The molecule has 4 rings (SSSR count). The number of hydrogen-bond donors (Lipinski definition) is 2. The molecular weight excluding hydrogens is 301 g/mol. The molecule has 23 heavy (non-hydrogen) atoms. The number of fused-ring (bicyclic) bond motifs is 1. The van der Waals surface area contributed by atoms with E-state index in [1.165, 1.54) is 18.5 Å². The van der Waals surface area contributed by atoms with Crippen LogP contribution < -0.4 is 5.73 Å². The summed E-state index contributed by atoms with van der Waals surface area (Å²) >= 11 is 0. The van der Waals surface area contributed by atoms with Gasteiger partial charge in [-0.2, -0.15) is 5.10 Å². The number of phenols is 1. The second kappa shape index (κ2) is 5.17. The molecule has 3 N–H and O–H groups in total. The first-order valence-electron chi connectivity index (χ1n) is 7.20. The first-order valence-corrected chi connectivity index (χ1v) is 7.20. The van der Waals surface area contributed by atoms with Crippen molar-refractivity contribution in [3.63, 3.8) is 0 Å². The topological polar surface area (TPSA) is 99.1 Å². The number of nitrogens with zero attached hydrogens (tertiary/aromatic N) is 4. The monoisotopic (exact) mass is 315 g/mol. The van der Waals surface area contributed by atoms with Crippen molar-refractivity contribution in [3.8, 4) is 17.0 Å². The number of rotatable bonds is 2. The fourth-order valence-electron chi connectivity index (χ4n) is 2.83. The van der Waals surface area contributed by atoms with Crippen LogP contribution in [0.1, 0.15) is 12.5 Å². The van der Waals surface area contributed by atoms with E-state index in [9.17, 15) is 9.50 Å². The predicted molar refractivity (Wildman–Crippen MR) is 81.3 cm³/mol. The Bertz CT molecular complexity index is 889. The van der Waals surface area contributed by atoms with Crippen molar-refractivity contribution in [1.82, 2.24) is 19.7 Å². The molecule has 0 spiro atoms. The lowest BCUT2D eigenvalue weighted by Crippen LogP contribution is -2.11. The standard InChI is InChI=1S/C15H14FN5O2/c16-10-2-1-8(5-11(10)22)13-12-14(17)18-7-19-15(12)21(20-13)9-3-4-23-6-9/h1-2,5,7,9,22H,3-4,6H2,(H2,17,18,19)/t9-/m1/s1. The first kappa shape index (κ1) is 13.9. The maximum Gasteiger partial charge on any atom is 0.164 e. The van der Waals surface area contributed by atoms with Crippen LogP contribution in [0.25, 0.3) is 22.3 Å². The zero-order valence-corrected chi connectivity index (χ0v) is 12.1. The summed E-state index contributed by atoms with van der Waals surface area (Å²) in [7, 11) is 0. The highest BCUT2D eigenvalue weighted by Gasteiger charge is 2.25. The van der Waals surface area contributed by atoms with E-state index in [0.717, 1.165) is 6.42 Å². The Balaban J connectivity index is 1.97. The third-order valence-corrected chi connectivity index (χ3v) is 3.99. The van der Waals surface area contributed by atoms with Gasteiger partial charge in [0.2, 0.25) is 0 Å². The van der Waals surface area contributed by atoms with Crippen molar-refractivity contribution in [2.24, 2.45) is 0 Å². The highest BCUT2D eigenvalue weighted by atomic mass is 19.1. The molecule has 1 aliphatic heterocycles. The number of benzene rings is 1. The zero-order valence-electron chi connectivity index (χ0n) is 12.1. The lowest BCUT2D eigenvalue weighted by atomic mass is 10.1. The van der Waals surface area contributed by atoms with E-state index >= 15 is 0 Å². The van der Waals surface area contributed by atoms with Crippen LogP contribution in [0.15, 0.2) is 24.5 Å². The number of hydrogen-bond acceptors (Lipinski definition) is 6. The molecule has 118 valence electrons. The highest BCUT2D eigenvalue weighted by molar-refractivity contribution is 5.98. The van der Waals surface area contributed by atoms with Gasteiger partial charge in [0.1, 0.15) is 17.8 Å². The van der Waals surface area contributed by atoms with Crippen LogP contribution >= 0.6 is 0 Å². The summed E-state index contributed by atoms with van der Waals surface area (Å²) in [5, 5.41) is 14.8. The van der Waals surface area contributed by atoms with Crippen LogP contribution in [-0.2, 0) is 4.74 Å². The van der Waals surface area contributed by atoms with Crippen molar-refractivity contribution in [3.05, 3.63) is 30.3 Å². The van der Waals surface area contributed by atoms with Crippen molar-refractivity contribution < 1.29 is 14.2 Å². The Labute approximate surface area is 130 Å². The quantitative estimate of drug-likeness (QED) is 0.749. The number of aromatic nitrogens is 4. The molecular formula is C15H14FN5O2. The van der Waals surface area contributed by atoms with E-state index < -0.39 is 11.6 Å². The number of nitrogen functional groups attached to an aromatic ring is 1. The average molecular weight is 315 g/mol. The number of ether oxygens (including phenoxy) is 1. The van der Waals surface area contributed by atoms with E-state index in [2.05, 4.69) is 15.1 Å². The number of halogens is 1. The lowest BCUT2D eigenvalue weighted by Gasteiger charge is -2.08. The molecule has 3 aromatic rings. The molecule has 0 bridgehead atoms. The molecule has 0 radical (unpaired) electrons. The Hall–Kier alpha value is -2.74. The molecule has 1 atom stereocenters. The molecule has 2 aromatic heterocycles. The van der Waals surface area contributed by atoms with Gasteiger partial charge >= 0.3 is 0 Å². The summed E-state index contributed by atoms with van der Waals surface area (Å²) in [6.07, 6.45) is 2.21. The normalized spacial score (nSPS) is 17.9. The molecule has 0 unspecified atom stereocenters. The summed E-state index contributed by atoms with van der Waals surface area (Å²) in [5.74, 6) is -0.838. The van der Waals surface area contributed by atoms with E-state index in [0.29, 0.717) is 41.3 Å². The number of phenolic OH excluding ortho intramolecular Hbond substituents is 1. The SMILES string of the molecule is Nc1ncnc2c1c(-c1ccc(F)c(O)c1)nn2[C@@H]1CCOC1. The minimum atomic E-state index is -0.689. The molecule has 1 aromatic carbocycles. The lowest BCUT2D eigenvalue weighted by molar-refractivity contribution is 0.185. The summed E-state index contributed by atoms with van der Waals surface area (Å²) in [6.45, 7) is 1.22. The van der Waals surface area contributed by atoms with E-state index in [1.807, 2.05) is 0 Å². The second-order valence-electron chi connectivity index (χ2n) is 5.43. The smallest absolute Gasteiger partial charge is 0.164 e. The first-order chi connectivity index (χ1) is 11.1. The van der Waals surface area contributed by atoms with Crippen molar-refractivity contribution in [2.75, 3.05) is 18.9 Å². The van der Waals surface area contributed by atoms with Crippen molar-refractivity contribution in [2.45, 2.75) is 12.5 Å². The van der Waals surface area contributed by atoms with Gasteiger partial charge in [-0.25, -0.2) is 19.0 Å². The van der Waals surface area contributed by atoms with Gasteiger partial charge in [-0.3, -0.25) is 0 Å². The minimum absolute atomic E-state index is 0.0644. The molecule has 1 fully saturated rings. The zero-order chi connectivity index (χ0) is 16.0. The molecule has 1 saturated heterocycles. The summed E-state index contributed by atoms with van der Waals surface area (Å²) in [4.78, 5) is 8.31. The van der Waals surface area contributed by atoms with Gasteiger partial charge in [0.25, 0.3) is 0 Å². The van der Waals surface area contributed by atoms with Crippen LogP contribution in [0.2, 0.25) is 0 Å². The fraction of sp³-hybridized carbons (Fsp3) is 0.267. The van der Waals surface area contributed by atoms with Crippen molar-refractivity contribution in [1.29, 1.82) is 0 Å². The Morgan fingerprint density at radius 3 is 2.96 bits per heavy atom. The second-order valence-corrected chi connectivity index (χ2v) is 5.43. The number of nitrogens with two attached hydrogens (primary N) is 1. The number of aromatic hydroxyl groups is 1. The Morgan fingerprint density at radius 1 is 1.35 bits per heavy atom. The largest absolute Gasteiger partial charge is 0.505 e. The average Bonchev–Trinajstić information content (AvgIpc) is 3.17. The van der Waals surface area contributed by atoms with Crippen LogP contribution in [0.3, 0.4) is 0 Å². The molecule has 8 heteroatoms. The van der Waals surface area contributed by atoms with E-state index in [1.54, 1.807) is 10.7 Å². The maximum atomic E-state index is 13.3. The third kappa shape index (κ3) is 2.18. The summed E-state index contributed by atoms with van der Waals surface area (Å²) in [5.41, 5.74) is 7.67. The molecule has 0 aliphatic carbocycles. The minimum Gasteiger partial charge on any atom is -0.505 e.